The first-order valence-corrected chi connectivity index (χ1v) is 9.54. The van der Waals surface area contributed by atoms with Crippen molar-refractivity contribution in [3.8, 4) is 6.01 Å². The predicted octanol–water partition coefficient (Wildman–Crippen LogP) is 3.39. The number of ether oxygens (including phenoxy) is 1. The summed E-state index contributed by atoms with van der Waals surface area (Å²) in [5.41, 5.74) is 2.63. The van der Waals surface area contributed by atoms with Gasteiger partial charge in [0.15, 0.2) is 5.01 Å². The van der Waals surface area contributed by atoms with Gasteiger partial charge in [-0.15, -0.1) is 11.3 Å². The summed E-state index contributed by atoms with van der Waals surface area (Å²) < 4.78 is 6.99. The van der Waals surface area contributed by atoms with Crippen molar-refractivity contribution in [3.05, 3.63) is 46.7 Å². The number of piperidine rings is 1. The van der Waals surface area contributed by atoms with Gasteiger partial charge in [-0.2, -0.15) is 0 Å². The number of rotatable bonds is 3. The van der Waals surface area contributed by atoms with Crippen molar-refractivity contribution in [3.63, 3.8) is 0 Å². The van der Waals surface area contributed by atoms with Crippen molar-refractivity contribution < 1.29 is 9.53 Å². The normalized spacial score (nSPS) is 17.5. The summed E-state index contributed by atoms with van der Waals surface area (Å²) in [6.07, 6.45) is 1.69. The third-order valence-corrected chi connectivity index (χ3v) is 5.40. The average molecular weight is 368 g/mol. The first-order valence-electron chi connectivity index (χ1n) is 8.72. The second kappa shape index (κ2) is 6.99. The topological polar surface area (TPSA) is 68.2 Å². The van der Waals surface area contributed by atoms with Crippen molar-refractivity contribution in [1.29, 1.82) is 0 Å². The van der Waals surface area contributed by atoms with E-state index in [2.05, 4.69) is 15.0 Å². The monoisotopic (exact) mass is 368 g/mol. The molecule has 1 amide bonds. The van der Waals surface area contributed by atoms with Gasteiger partial charge in [0.05, 0.1) is 16.8 Å². The lowest BCUT2D eigenvalue weighted by molar-refractivity contribution is 0.0515. The number of nitrogens with zero attached hydrogens (tertiary/aromatic N) is 4. The number of likely N-dealkylation sites (tertiary alicyclic amines) is 1. The minimum Gasteiger partial charge on any atom is -0.458 e. The van der Waals surface area contributed by atoms with Gasteiger partial charge in [0.1, 0.15) is 6.10 Å². The van der Waals surface area contributed by atoms with E-state index >= 15 is 0 Å². The standard InChI is InChI=1S/C19H20N4O2S/c1-12-10-13(2)21-19(20-12)25-14-6-5-9-23(11-14)18(24)17-22-15-7-3-4-8-16(15)26-17/h3-4,7-8,10,14H,5-6,9,11H2,1-2H3/t14-/m0/s1. The molecule has 1 aliphatic rings. The Morgan fingerprint density at radius 3 is 2.73 bits per heavy atom. The Labute approximate surface area is 155 Å². The molecule has 1 atom stereocenters. The first-order chi connectivity index (χ1) is 12.6. The van der Waals surface area contributed by atoms with Gasteiger partial charge in [-0.05, 0) is 44.9 Å². The molecule has 1 aromatic carbocycles. The minimum absolute atomic E-state index is 0.0270. The van der Waals surface area contributed by atoms with Crippen LogP contribution in [-0.4, -0.2) is 45.0 Å². The predicted molar refractivity (Wildman–Crippen MR) is 101 cm³/mol. The number of hydrogen-bond donors (Lipinski definition) is 0. The van der Waals surface area contributed by atoms with E-state index in [0.29, 0.717) is 17.6 Å². The van der Waals surface area contributed by atoms with E-state index < -0.39 is 0 Å². The summed E-state index contributed by atoms with van der Waals surface area (Å²) in [6.45, 7) is 5.10. The molecule has 0 bridgehead atoms. The van der Waals surface area contributed by atoms with Gasteiger partial charge in [0.2, 0.25) is 0 Å². The van der Waals surface area contributed by atoms with Gasteiger partial charge in [-0.25, -0.2) is 15.0 Å². The van der Waals surface area contributed by atoms with Crippen LogP contribution >= 0.6 is 11.3 Å². The Hall–Kier alpha value is -2.54. The van der Waals surface area contributed by atoms with Crippen LogP contribution in [-0.2, 0) is 0 Å². The van der Waals surface area contributed by atoms with E-state index in [1.54, 1.807) is 0 Å². The molecule has 26 heavy (non-hydrogen) atoms. The molecule has 0 aliphatic carbocycles. The van der Waals surface area contributed by atoms with Crippen LogP contribution in [0.3, 0.4) is 0 Å². The first kappa shape index (κ1) is 16.9. The van der Waals surface area contributed by atoms with Crippen LogP contribution in [0.2, 0.25) is 0 Å². The zero-order chi connectivity index (χ0) is 18.1. The van der Waals surface area contributed by atoms with Gasteiger partial charge >= 0.3 is 6.01 Å². The second-order valence-corrected chi connectivity index (χ2v) is 7.58. The van der Waals surface area contributed by atoms with E-state index in [1.807, 2.05) is 49.1 Å². The largest absolute Gasteiger partial charge is 0.458 e. The Bertz CT molecular complexity index is 902. The van der Waals surface area contributed by atoms with Crippen molar-refractivity contribution in [1.82, 2.24) is 19.9 Å². The minimum atomic E-state index is -0.0942. The Kier molecular flexibility index (Phi) is 4.55. The van der Waals surface area contributed by atoms with Crippen LogP contribution in [0.5, 0.6) is 6.01 Å². The molecular weight excluding hydrogens is 348 g/mol. The number of hydrogen-bond acceptors (Lipinski definition) is 6. The van der Waals surface area contributed by atoms with Gasteiger partial charge in [-0.1, -0.05) is 12.1 Å². The second-order valence-electron chi connectivity index (χ2n) is 6.55. The molecular formula is C19H20N4O2S. The van der Waals surface area contributed by atoms with Crippen LogP contribution in [0.4, 0.5) is 0 Å². The van der Waals surface area contributed by atoms with Crippen LogP contribution in [0, 0.1) is 13.8 Å². The Balaban J connectivity index is 1.48. The molecule has 0 spiro atoms. The smallest absolute Gasteiger partial charge is 0.317 e. The molecule has 1 fully saturated rings. The molecule has 0 N–H and O–H groups in total. The van der Waals surface area contributed by atoms with Gasteiger partial charge < -0.3 is 9.64 Å². The molecule has 6 nitrogen and oxygen atoms in total. The molecule has 134 valence electrons. The molecule has 3 aromatic rings. The summed E-state index contributed by atoms with van der Waals surface area (Å²) in [6, 6.07) is 10.1. The molecule has 2 aromatic heterocycles. The zero-order valence-corrected chi connectivity index (χ0v) is 15.6. The Morgan fingerprint density at radius 2 is 1.96 bits per heavy atom. The van der Waals surface area contributed by atoms with Crippen LogP contribution < -0.4 is 4.74 Å². The third-order valence-electron chi connectivity index (χ3n) is 4.38. The summed E-state index contributed by atoms with van der Waals surface area (Å²) >= 11 is 1.44. The maximum Gasteiger partial charge on any atom is 0.317 e. The fourth-order valence-corrected chi connectivity index (χ4v) is 4.15. The molecule has 4 rings (SSSR count). The molecule has 3 heterocycles. The summed E-state index contributed by atoms with van der Waals surface area (Å²) in [7, 11) is 0. The van der Waals surface area contributed by atoms with Gasteiger partial charge in [0, 0.05) is 17.9 Å². The van der Waals surface area contributed by atoms with Crippen LogP contribution in [0.1, 0.15) is 34.0 Å². The highest BCUT2D eigenvalue weighted by atomic mass is 32.1. The van der Waals surface area contributed by atoms with Gasteiger partial charge in [0.25, 0.3) is 5.91 Å². The number of carbonyl (C=O) groups excluding carboxylic acids is 1. The van der Waals surface area contributed by atoms with Crippen molar-refractivity contribution in [2.24, 2.45) is 0 Å². The van der Waals surface area contributed by atoms with Crippen molar-refractivity contribution in [2.45, 2.75) is 32.8 Å². The number of aromatic nitrogens is 3. The van der Waals surface area contributed by atoms with Gasteiger partial charge in [-0.3, -0.25) is 4.79 Å². The highest BCUT2D eigenvalue weighted by Crippen LogP contribution is 2.24. The van der Waals surface area contributed by atoms with E-state index in [-0.39, 0.29) is 12.0 Å². The zero-order valence-electron chi connectivity index (χ0n) is 14.8. The van der Waals surface area contributed by atoms with Crippen molar-refractivity contribution >= 4 is 27.5 Å². The van der Waals surface area contributed by atoms with Crippen molar-refractivity contribution in [2.75, 3.05) is 13.1 Å². The molecule has 0 radical (unpaired) electrons. The molecule has 0 saturated carbocycles. The lowest BCUT2D eigenvalue weighted by Crippen LogP contribution is -2.44. The SMILES string of the molecule is Cc1cc(C)nc(O[C@H]2CCCN(C(=O)c3nc4ccccc4s3)C2)n1. The lowest BCUT2D eigenvalue weighted by Gasteiger charge is -2.31. The lowest BCUT2D eigenvalue weighted by atomic mass is 10.1. The molecule has 1 aliphatic heterocycles. The Morgan fingerprint density at radius 1 is 1.19 bits per heavy atom. The van der Waals surface area contributed by atoms with Crippen LogP contribution in [0.15, 0.2) is 30.3 Å². The maximum absolute atomic E-state index is 12.9. The summed E-state index contributed by atoms with van der Waals surface area (Å²) in [4.78, 5) is 27.8. The molecule has 7 heteroatoms. The average Bonchev–Trinajstić information content (AvgIpc) is 3.04. The molecule has 1 saturated heterocycles. The number of fused-ring (bicyclic) bond motifs is 1. The van der Waals surface area contributed by atoms with E-state index in [4.69, 9.17) is 4.74 Å². The summed E-state index contributed by atoms with van der Waals surface area (Å²) in [5, 5.41) is 0.537. The van der Waals surface area contributed by atoms with E-state index in [0.717, 1.165) is 41.0 Å². The van der Waals surface area contributed by atoms with E-state index in [1.165, 1.54) is 11.3 Å². The molecule has 0 unspecified atom stereocenters. The number of aryl methyl sites for hydroxylation is 2. The maximum atomic E-state index is 12.9. The highest BCUT2D eigenvalue weighted by Gasteiger charge is 2.28. The fraction of sp³-hybridized carbons (Fsp3) is 0.368. The van der Waals surface area contributed by atoms with Crippen LogP contribution in [0.25, 0.3) is 10.2 Å². The number of para-hydroxylation sites is 1. The highest BCUT2D eigenvalue weighted by molar-refractivity contribution is 7.20. The quantitative estimate of drug-likeness (QED) is 0.709. The number of thiazole rings is 1. The van der Waals surface area contributed by atoms with E-state index in [9.17, 15) is 4.79 Å². The summed E-state index contributed by atoms with van der Waals surface area (Å²) in [5.74, 6) is -0.0270. The number of carbonyl (C=O) groups is 1. The number of benzene rings is 1. The fourth-order valence-electron chi connectivity index (χ4n) is 3.21. The number of amides is 1. The third kappa shape index (κ3) is 3.53.